The summed E-state index contributed by atoms with van der Waals surface area (Å²) in [5.74, 6) is -0.718. The van der Waals surface area contributed by atoms with Crippen molar-refractivity contribution in [3.05, 3.63) is 35.4 Å². The van der Waals surface area contributed by atoms with Gasteiger partial charge in [0.15, 0.2) is 0 Å². The Hall–Kier alpha value is -1.82. The van der Waals surface area contributed by atoms with Gasteiger partial charge in [0.05, 0.1) is 6.07 Å². The number of nitrogens with one attached hydrogen (secondary N) is 1. The van der Waals surface area contributed by atoms with Crippen molar-refractivity contribution in [2.75, 3.05) is 0 Å². The van der Waals surface area contributed by atoms with E-state index in [1.807, 2.05) is 12.1 Å². The zero-order chi connectivity index (χ0) is 12.3. The average Bonchev–Trinajstić information content (AvgIpc) is 2.37. The molecule has 1 aromatic rings. The molecule has 0 spiro atoms. The number of hydrogen-bond donors (Lipinski definition) is 1. The molecule has 2 unspecified atom stereocenters. The lowest BCUT2D eigenvalue weighted by Gasteiger charge is -2.25. The van der Waals surface area contributed by atoms with Gasteiger partial charge in [0.2, 0.25) is 5.91 Å². The van der Waals surface area contributed by atoms with E-state index in [-0.39, 0.29) is 11.9 Å². The van der Waals surface area contributed by atoms with Crippen LogP contribution in [0.1, 0.15) is 24.5 Å². The lowest BCUT2D eigenvalue weighted by Crippen LogP contribution is -2.41. The molecular weight excluding hydrogens is 212 g/mol. The molecular formula is C14H16N2O. The Morgan fingerprint density at radius 2 is 2.18 bits per heavy atom. The van der Waals surface area contributed by atoms with Crippen LogP contribution in [0.3, 0.4) is 0 Å². The Morgan fingerprint density at radius 3 is 2.88 bits per heavy atom. The first-order chi connectivity index (χ1) is 8.20. The van der Waals surface area contributed by atoms with Crippen LogP contribution in [0.25, 0.3) is 0 Å². The van der Waals surface area contributed by atoms with Crippen LogP contribution in [-0.4, -0.2) is 11.9 Å². The Morgan fingerprint density at radius 1 is 1.47 bits per heavy atom. The Kier molecular flexibility index (Phi) is 3.43. The third-order valence-corrected chi connectivity index (χ3v) is 3.28. The summed E-state index contributed by atoms with van der Waals surface area (Å²) in [6.45, 7) is 1.63. The maximum absolute atomic E-state index is 11.6. The highest BCUT2D eigenvalue weighted by Crippen LogP contribution is 2.21. The smallest absolute Gasteiger partial charge is 0.237 e. The predicted octanol–water partition coefficient (Wildman–Crippen LogP) is 1.82. The van der Waals surface area contributed by atoms with Gasteiger partial charge in [0, 0.05) is 6.04 Å². The van der Waals surface area contributed by atoms with Gasteiger partial charge in [-0.2, -0.15) is 5.26 Å². The topological polar surface area (TPSA) is 52.9 Å². The molecule has 88 valence electrons. The fraction of sp³-hybridized carbons (Fsp3) is 0.429. The molecule has 3 heteroatoms. The van der Waals surface area contributed by atoms with E-state index in [0.717, 1.165) is 19.3 Å². The number of amides is 1. The monoisotopic (exact) mass is 228 g/mol. The number of carbonyl (C=O) groups is 1. The standard InChI is InChI=1S/C14H16N2O/c1-10(9-15)14(17)16-13-7-6-11-4-2-3-5-12(11)8-13/h2-5,10,13H,6-8H2,1H3,(H,16,17). The lowest BCUT2D eigenvalue weighted by atomic mass is 9.88. The second-order valence-corrected chi connectivity index (χ2v) is 4.57. The van der Waals surface area contributed by atoms with E-state index in [9.17, 15) is 4.79 Å². The second-order valence-electron chi connectivity index (χ2n) is 4.57. The zero-order valence-corrected chi connectivity index (χ0v) is 9.94. The van der Waals surface area contributed by atoms with Crippen LogP contribution in [0.4, 0.5) is 0 Å². The van der Waals surface area contributed by atoms with Crippen molar-refractivity contribution in [3.8, 4) is 6.07 Å². The van der Waals surface area contributed by atoms with E-state index in [1.54, 1.807) is 6.92 Å². The van der Waals surface area contributed by atoms with Crippen LogP contribution < -0.4 is 5.32 Å². The fourth-order valence-corrected chi connectivity index (χ4v) is 2.21. The van der Waals surface area contributed by atoms with Gasteiger partial charge in [-0.25, -0.2) is 0 Å². The number of nitrogens with zero attached hydrogens (tertiary/aromatic N) is 1. The van der Waals surface area contributed by atoms with E-state index in [0.29, 0.717) is 0 Å². The highest BCUT2D eigenvalue weighted by atomic mass is 16.1. The van der Waals surface area contributed by atoms with Crippen molar-refractivity contribution in [3.63, 3.8) is 0 Å². The molecule has 0 saturated heterocycles. The Balaban J connectivity index is 1.99. The van der Waals surface area contributed by atoms with E-state index in [1.165, 1.54) is 11.1 Å². The van der Waals surface area contributed by atoms with Gasteiger partial charge < -0.3 is 5.32 Å². The van der Waals surface area contributed by atoms with Crippen molar-refractivity contribution >= 4 is 5.91 Å². The van der Waals surface area contributed by atoms with Crippen molar-refractivity contribution in [1.29, 1.82) is 5.26 Å². The van der Waals surface area contributed by atoms with E-state index in [2.05, 4.69) is 23.5 Å². The molecule has 0 aromatic heterocycles. The molecule has 1 aliphatic carbocycles. The molecule has 0 fully saturated rings. The number of hydrogen-bond acceptors (Lipinski definition) is 2. The van der Waals surface area contributed by atoms with Gasteiger partial charge in [-0.05, 0) is 37.3 Å². The first-order valence-corrected chi connectivity index (χ1v) is 5.97. The van der Waals surface area contributed by atoms with Crippen molar-refractivity contribution in [1.82, 2.24) is 5.32 Å². The minimum atomic E-state index is -0.563. The summed E-state index contributed by atoms with van der Waals surface area (Å²) >= 11 is 0. The van der Waals surface area contributed by atoms with Gasteiger partial charge in [-0.3, -0.25) is 4.79 Å². The largest absolute Gasteiger partial charge is 0.352 e. The fourth-order valence-electron chi connectivity index (χ4n) is 2.21. The number of rotatable bonds is 2. The first kappa shape index (κ1) is 11.7. The van der Waals surface area contributed by atoms with Crippen LogP contribution in [-0.2, 0) is 17.6 Å². The number of nitriles is 1. The third-order valence-electron chi connectivity index (χ3n) is 3.28. The molecule has 2 atom stereocenters. The molecule has 0 bridgehead atoms. The number of carbonyl (C=O) groups excluding carboxylic acids is 1. The quantitative estimate of drug-likeness (QED) is 0.839. The predicted molar refractivity (Wildman–Crippen MR) is 65.2 cm³/mol. The number of fused-ring (bicyclic) bond motifs is 1. The molecule has 0 saturated carbocycles. The molecule has 0 aliphatic heterocycles. The van der Waals surface area contributed by atoms with Crippen molar-refractivity contribution in [2.24, 2.45) is 5.92 Å². The number of aryl methyl sites for hydroxylation is 1. The zero-order valence-electron chi connectivity index (χ0n) is 9.94. The summed E-state index contributed by atoms with van der Waals surface area (Å²) in [7, 11) is 0. The van der Waals surface area contributed by atoms with E-state index >= 15 is 0 Å². The van der Waals surface area contributed by atoms with E-state index < -0.39 is 5.92 Å². The molecule has 1 aliphatic rings. The SMILES string of the molecule is CC(C#N)C(=O)NC1CCc2ccccc2C1. The molecule has 1 aromatic carbocycles. The first-order valence-electron chi connectivity index (χ1n) is 5.97. The minimum Gasteiger partial charge on any atom is -0.352 e. The normalized spacial score (nSPS) is 19.9. The number of benzene rings is 1. The van der Waals surface area contributed by atoms with Gasteiger partial charge in [0.1, 0.15) is 5.92 Å². The van der Waals surface area contributed by atoms with Crippen molar-refractivity contribution in [2.45, 2.75) is 32.2 Å². The molecule has 1 amide bonds. The van der Waals surface area contributed by atoms with Gasteiger partial charge in [-0.15, -0.1) is 0 Å². The minimum absolute atomic E-state index is 0.156. The molecule has 3 nitrogen and oxygen atoms in total. The second kappa shape index (κ2) is 5.01. The third kappa shape index (κ3) is 2.65. The van der Waals surface area contributed by atoms with E-state index in [4.69, 9.17) is 5.26 Å². The molecule has 2 rings (SSSR count). The van der Waals surface area contributed by atoms with Crippen LogP contribution in [0.2, 0.25) is 0 Å². The van der Waals surface area contributed by atoms with Crippen LogP contribution in [0, 0.1) is 17.2 Å². The summed E-state index contributed by atoms with van der Waals surface area (Å²) in [6.07, 6.45) is 2.84. The highest BCUT2D eigenvalue weighted by Gasteiger charge is 2.21. The average molecular weight is 228 g/mol. The van der Waals surface area contributed by atoms with Gasteiger partial charge in [0.25, 0.3) is 0 Å². The maximum atomic E-state index is 11.6. The Bertz CT molecular complexity index is 462. The summed E-state index contributed by atoms with van der Waals surface area (Å²) in [6, 6.07) is 10.5. The maximum Gasteiger partial charge on any atom is 0.237 e. The highest BCUT2D eigenvalue weighted by molar-refractivity contribution is 5.80. The van der Waals surface area contributed by atoms with Gasteiger partial charge >= 0.3 is 0 Å². The molecule has 17 heavy (non-hydrogen) atoms. The summed E-state index contributed by atoms with van der Waals surface area (Å²) in [5.41, 5.74) is 2.69. The molecule has 0 radical (unpaired) electrons. The van der Waals surface area contributed by atoms with Crippen LogP contribution in [0.5, 0.6) is 0 Å². The lowest BCUT2D eigenvalue weighted by molar-refractivity contribution is -0.123. The van der Waals surface area contributed by atoms with Crippen LogP contribution in [0.15, 0.2) is 24.3 Å². The van der Waals surface area contributed by atoms with Gasteiger partial charge in [-0.1, -0.05) is 24.3 Å². The molecule has 1 N–H and O–H groups in total. The Labute approximate surface area is 101 Å². The summed E-state index contributed by atoms with van der Waals surface area (Å²) < 4.78 is 0. The van der Waals surface area contributed by atoms with Crippen LogP contribution >= 0.6 is 0 Å². The summed E-state index contributed by atoms with van der Waals surface area (Å²) in [5, 5.41) is 11.6. The van der Waals surface area contributed by atoms with Crippen molar-refractivity contribution < 1.29 is 4.79 Å². The molecule has 0 heterocycles. The summed E-state index contributed by atoms with van der Waals surface area (Å²) in [4.78, 5) is 11.6.